The minimum Gasteiger partial charge on any atom is -0.497 e. The molecule has 0 aromatic heterocycles. The smallest absolute Gasteiger partial charge is 0.262 e. The number of para-hydroxylation sites is 1. The third-order valence-corrected chi connectivity index (χ3v) is 4.99. The van der Waals surface area contributed by atoms with Crippen LogP contribution < -0.4 is 14.8 Å². The maximum atomic E-state index is 12.4. The first-order valence-corrected chi connectivity index (χ1v) is 10.0. The van der Waals surface area contributed by atoms with Gasteiger partial charge in [-0.25, -0.2) is 0 Å². The van der Waals surface area contributed by atoms with Gasteiger partial charge in [0.15, 0.2) is 12.4 Å². The summed E-state index contributed by atoms with van der Waals surface area (Å²) in [5, 5.41) is 2.81. The lowest BCUT2D eigenvalue weighted by Gasteiger charge is -2.09. The third kappa shape index (κ3) is 6.40. The van der Waals surface area contributed by atoms with Gasteiger partial charge in [0, 0.05) is 16.1 Å². The number of ether oxygens (including phenoxy) is 2. The summed E-state index contributed by atoms with van der Waals surface area (Å²) in [6.45, 7) is -0.0737. The van der Waals surface area contributed by atoms with Gasteiger partial charge in [0.2, 0.25) is 0 Å². The maximum Gasteiger partial charge on any atom is 0.262 e. The second kappa shape index (κ2) is 10.3. The van der Waals surface area contributed by atoms with Crippen LogP contribution in [0.2, 0.25) is 0 Å². The molecule has 1 amide bonds. The highest BCUT2D eigenvalue weighted by atomic mass is 32.2. The Bertz CT molecular complexity index is 975. The number of hydrogen-bond donors (Lipinski definition) is 1. The van der Waals surface area contributed by atoms with Crippen LogP contribution >= 0.6 is 11.8 Å². The Morgan fingerprint density at radius 2 is 1.66 bits per heavy atom. The molecule has 0 saturated carbocycles. The molecule has 3 rings (SSSR count). The van der Waals surface area contributed by atoms with Crippen molar-refractivity contribution < 1.29 is 19.1 Å². The molecule has 0 fully saturated rings. The summed E-state index contributed by atoms with van der Waals surface area (Å²) >= 11 is 1.42. The topological polar surface area (TPSA) is 64.6 Å². The number of nitrogens with one attached hydrogen (secondary N) is 1. The fourth-order valence-corrected chi connectivity index (χ4v) is 3.40. The van der Waals surface area contributed by atoms with Crippen molar-refractivity contribution in [2.45, 2.75) is 4.90 Å². The van der Waals surface area contributed by atoms with Crippen molar-refractivity contribution in [2.24, 2.45) is 0 Å². The second-order valence-electron chi connectivity index (χ2n) is 6.12. The van der Waals surface area contributed by atoms with Crippen molar-refractivity contribution in [1.82, 2.24) is 0 Å². The zero-order chi connectivity index (χ0) is 20.5. The molecule has 0 heterocycles. The SMILES string of the molecule is COc1cccc(C(=O)CSc2cccc(NC(=O)COc3ccccc3)c2)c1. The quantitative estimate of drug-likeness (QED) is 0.412. The highest BCUT2D eigenvalue weighted by Gasteiger charge is 2.09. The Hall–Kier alpha value is -3.25. The van der Waals surface area contributed by atoms with Crippen LogP contribution in [0.1, 0.15) is 10.4 Å². The van der Waals surface area contributed by atoms with Crippen LogP contribution in [0.25, 0.3) is 0 Å². The van der Waals surface area contributed by atoms with Crippen LogP contribution in [0.3, 0.4) is 0 Å². The first-order chi connectivity index (χ1) is 14.1. The van der Waals surface area contributed by atoms with Gasteiger partial charge in [-0.05, 0) is 42.5 Å². The molecule has 0 aliphatic carbocycles. The van der Waals surface area contributed by atoms with Crippen LogP contribution in [-0.2, 0) is 4.79 Å². The first kappa shape index (κ1) is 20.5. The van der Waals surface area contributed by atoms with Gasteiger partial charge in [-0.3, -0.25) is 9.59 Å². The van der Waals surface area contributed by atoms with Crippen LogP contribution in [0, 0.1) is 0 Å². The summed E-state index contributed by atoms with van der Waals surface area (Å²) in [7, 11) is 1.57. The van der Waals surface area contributed by atoms with Gasteiger partial charge in [0.1, 0.15) is 11.5 Å². The van der Waals surface area contributed by atoms with Crippen LogP contribution in [-0.4, -0.2) is 31.2 Å². The fourth-order valence-electron chi connectivity index (χ4n) is 2.56. The van der Waals surface area contributed by atoms with E-state index in [-0.39, 0.29) is 18.3 Å². The molecule has 3 aromatic carbocycles. The second-order valence-corrected chi connectivity index (χ2v) is 7.17. The Morgan fingerprint density at radius 3 is 2.45 bits per heavy atom. The summed E-state index contributed by atoms with van der Waals surface area (Å²) in [6.07, 6.45) is 0. The number of anilines is 1. The molecule has 0 aliphatic heterocycles. The summed E-state index contributed by atoms with van der Waals surface area (Å²) in [4.78, 5) is 25.4. The highest BCUT2D eigenvalue weighted by molar-refractivity contribution is 8.00. The number of ketones is 1. The number of rotatable bonds is 9. The predicted molar refractivity (Wildman–Crippen MR) is 115 cm³/mol. The number of methoxy groups -OCH3 is 1. The van der Waals surface area contributed by atoms with Crippen LogP contribution in [0.15, 0.2) is 83.8 Å². The molecule has 1 N–H and O–H groups in total. The molecule has 0 unspecified atom stereocenters. The van der Waals surface area contributed by atoms with Gasteiger partial charge in [-0.15, -0.1) is 11.8 Å². The zero-order valence-corrected chi connectivity index (χ0v) is 16.8. The molecule has 5 nitrogen and oxygen atoms in total. The highest BCUT2D eigenvalue weighted by Crippen LogP contribution is 2.23. The Kier molecular flexibility index (Phi) is 7.30. The molecular weight excluding hydrogens is 386 g/mol. The van der Waals surface area contributed by atoms with E-state index in [4.69, 9.17) is 9.47 Å². The van der Waals surface area contributed by atoms with E-state index in [1.54, 1.807) is 49.6 Å². The molecule has 0 atom stereocenters. The molecule has 148 valence electrons. The van der Waals surface area contributed by atoms with E-state index in [2.05, 4.69) is 5.32 Å². The average molecular weight is 407 g/mol. The summed E-state index contributed by atoms with van der Waals surface area (Å²) in [5.74, 6) is 1.36. The molecule has 29 heavy (non-hydrogen) atoms. The monoisotopic (exact) mass is 407 g/mol. The van der Waals surface area contributed by atoms with E-state index in [0.717, 1.165) is 4.90 Å². The number of amides is 1. The van der Waals surface area contributed by atoms with E-state index in [1.165, 1.54) is 11.8 Å². The van der Waals surface area contributed by atoms with Crippen LogP contribution in [0.5, 0.6) is 11.5 Å². The number of carbonyl (C=O) groups is 2. The summed E-state index contributed by atoms with van der Waals surface area (Å²) in [6, 6.07) is 23.7. The van der Waals surface area contributed by atoms with E-state index in [1.807, 2.05) is 36.4 Å². The standard InChI is InChI=1S/C23H21NO4S/c1-27-20-11-5-7-17(13-20)22(25)16-29-21-12-6-8-18(14-21)24-23(26)15-28-19-9-3-2-4-10-19/h2-14H,15-16H2,1H3,(H,24,26). The number of thioether (sulfide) groups is 1. The van der Waals surface area contributed by atoms with E-state index >= 15 is 0 Å². The maximum absolute atomic E-state index is 12.4. The summed E-state index contributed by atoms with van der Waals surface area (Å²) < 4.78 is 10.6. The zero-order valence-electron chi connectivity index (χ0n) is 16.0. The van der Waals surface area contributed by atoms with Gasteiger partial charge in [-0.2, -0.15) is 0 Å². The van der Waals surface area contributed by atoms with Crippen molar-refractivity contribution >= 4 is 29.1 Å². The van der Waals surface area contributed by atoms with Gasteiger partial charge in [-0.1, -0.05) is 36.4 Å². The predicted octanol–water partition coefficient (Wildman–Crippen LogP) is 4.69. The van der Waals surface area contributed by atoms with E-state index in [0.29, 0.717) is 28.5 Å². The lowest BCUT2D eigenvalue weighted by molar-refractivity contribution is -0.118. The third-order valence-electron chi connectivity index (χ3n) is 3.99. The minimum atomic E-state index is -0.247. The molecule has 0 radical (unpaired) electrons. The molecule has 3 aromatic rings. The van der Waals surface area contributed by atoms with Crippen molar-refractivity contribution in [3.8, 4) is 11.5 Å². The van der Waals surface area contributed by atoms with Crippen molar-refractivity contribution in [3.63, 3.8) is 0 Å². The largest absolute Gasteiger partial charge is 0.497 e. The number of carbonyl (C=O) groups excluding carboxylic acids is 2. The Labute approximate surface area is 174 Å². The van der Waals surface area contributed by atoms with Crippen molar-refractivity contribution in [3.05, 3.63) is 84.4 Å². The minimum absolute atomic E-state index is 0.0135. The molecular formula is C23H21NO4S. The van der Waals surface area contributed by atoms with E-state index < -0.39 is 0 Å². The molecule has 0 saturated heterocycles. The lowest BCUT2D eigenvalue weighted by atomic mass is 10.1. The van der Waals surface area contributed by atoms with Gasteiger partial charge in [0.05, 0.1) is 12.9 Å². The number of Topliss-reactive ketones (excluding diaryl/α,β-unsaturated/α-hetero) is 1. The number of hydrogen-bond acceptors (Lipinski definition) is 5. The molecule has 0 spiro atoms. The van der Waals surface area contributed by atoms with Crippen molar-refractivity contribution in [1.29, 1.82) is 0 Å². The van der Waals surface area contributed by atoms with E-state index in [9.17, 15) is 9.59 Å². The lowest BCUT2D eigenvalue weighted by Crippen LogP contribution is -2.20. The van der Waals surface area contributed by atoms with Gasteiger partial charge < -0.3 is 14.8 Å². The van der Waals surface area contributed by atoms with Crippen LogP contribution in [0.4, 0.5) is 5.69 Å². The van der Waals surface area contributed by atoms with Gasteiger partial charge in [0.25, 0.3) is 5.91 Å². The van der Waals surface area contributed by atoms with Gasteiger partial charge >= 0.3 is 0 Å². The molecule has 0 aliphatic rings. The Balaban J connectivity index is 1.52. The average Bonchev–Trinajstić information content (AvgIpc) is 2.77. The molecule has 0 bridgehead atoms. The normalized spacial score (nSPS) is 10.2. The fraction of sp³-hybridized carbons (Fsp3) is 0.130. The summed E-state index contributed by atoms with van der Waals surface area (Å²) in [5.41, 5.74) is 1.27. The Morgan fingerprint density at radius 1 is 0.897 bits per heavy atom. The molecule has 6 heteroatoms. The number of benzene rings is 3. The van der Waals surface area contributed by atoms with Crippen molar-refractivity contribution in [2.75, 3.05) is 24.8 Å². The first-order valence-electron chi connectivity index (χ1n) is 9.02.